The standard InChI is InChI=1S/C17H14N4O2S2/c1-12(22)21(14-5-3-2-4-6-14)17-19-13(11-25-17)7-8-15(23)20-16-18-9-10-24-16/h2-11H,1H3,(H,18,20,23). The van der Waals surface area contributed by atoms with E-state index in [1.54, 1.807) is 23.0 Å². The second-order valence-electron chi connectivity index (χ2n) is 4.90. The number of aromatic nitrogens is 2. The van der Waals surface area contributed by atoms with Crippen molar-refractivity contribution in [1.82, 2.24) is 9.97 Å². The first-order valence-corrected chi connectivity index (χ1v) is 9.09. The predicted octanol–water partition coefficient (Wildman–Crippen LogP) is 3.94. The summed E-state index contributed by atoms with van der Waals surface area (Å²) < 4.78 is 0. The summed E-state index contributed by atoms with van der Waals surface area (Å²) in [4.78, 5) is 33.8. The van der Waals surface area contributed by atoms with Crippen molar-refractivity contribution in [2.45, 2.75) is 6.92 Å². The van der Waals surface area contributed by atoms with Crippen LogP contribution in [0.3, 0.4) is 0 Å². The molecule has 0 aliphatic rings. The van der Waals surface area contributed by atoms with Crippen molar-refractivity contribution < 1.29 is 9.59 Å². The maximum absolute atomic E-state index is 12.0. The fourth-order valence-corrected chi connectivity index (χ4v) is 3.44. The molecule has 3 aromatic rings. The van der Waals surface area contributed by atoms with Gasteiger partial charge < -0.3 is 0 Å². The molecule has 1 aromatic carbocycles. The predicted molar refractivity (Wildman–Crippen MR) is 101 cm³/mol. The van der Waals surface area contributed by atoms with E-state index in [4.69, 9.17) is 0 Å². The Bertz CT molecular complexity index is 889. The Morgan fingerprint density at radius 1 is 1.20 bits per heavy atom. The molecule has 0 radical (unpaired) electrons. The van der Waals surface area contributed by atoms with Crippen LogP contribution in [-0.2, 0) is 9.59 Å². The molecule has 126 valence electrons. The van der Waals surface area contributed by atoms with E-state index >= 15 is 0 Å². The fourth-order valence-electron chi connectivity index (χ4n) is 2.05. The second-order valence-corrected chi connectivity index (χ2v) is 6.64. The third-order valence-corrected chi connectivity index (χ3v) is 4.63. The largest absolute Gasteiger partial charge is 0.298 e. The first-order valence-electron chi connectivity index (χ1n) is 7.33. The van der Waals surface area contributed by atoms with Gasteiger partial charge >= 0.3 is 0 Å². The van der Waals surface area contributed by atoms with E-state index in [0.29, 0.717) is 16.0 Å². The third-order valence-electron chi connectivity index (χ3n) is 3.10. The molecular formula is C17H14N4O2S2. The summed E-state index contributed by atoms with van der Waals surface area (Å²) in [7, 11) is 0. The number of nitrogens with zero attached hydrogens (tertiary/aromatic N) is 3. The second kappa shape index (κ2) is 7.82. The van der Waals surface area contributed by atoms with Crippen LogP contribution in [0.2, 0.25) is 0 Å². The minimum atomic E-state index is -0.281. The number of rotatable bonds is 5. The highest BCUT2D eigenvalue weighted by atomic mass is 32.1. The van der Waals surface area contributed by atoms with Crippen molar-refractivity contribution in [1.29, 1.82) is 0 Å². The zero-order valence-electron chi connectivity index (χ0n) is 13.2. The average Bonchev–Trinajstić information content (AvgIpc) is 3.26. The molecule has 0 unspecified atom stereocenters. The van der Waals surface area contributed by atoms with Crippen LogP contribution in [0, 0.1) is 0 Å². The number of thiazole rings is 2. The van der Waals surface area contributed by atoms with Gasteiger partial charge in [0.05, 0.1) is 11.4 Å². The highest BCUT2D eigenvalue weighted by molar-refractivity contribution is 7.14. The van der Waals surface area contributed by atoms with E-state index in [-0.39, 0.29) is 11.8 Å². The number of benzene rings is 1. The Kier molecular flexibility index (Phi) is 5.32. The van der Waals surface area contributed by atoms with Crippen LogP contribution in [-0.4, -0.2) is 21.8 Å². The molecule has 2 aromatic heterocycles. The van der Waals surface area contributed by atoms with Crippen molar-refractivity contribution in [3.05, 3.63) is 59.1 Å². The van der Waals surface area contributed by atoms with Crippen LogP contribution in [0.25, 0.3) is 6.08 Å². The molecule has 0 aliphatic carbocycles. The molecule has 6 nitrogen and oxygen atoms in total. The maximum atomic E-state index is 12.0. The number of hydrogen-bond donors (Lipinski definition) is 1. The van der Waals surface area contributed by atoms with Crippen LogP contribution in [0.5, 0.6) is 0 Å². The van der Waals surface area contributed by atoms with Crippen molar-refractivity contribution in [3.8, 4) is 0 Å². The zero-order chi connectivity index (χ0) is 17.6. The lowest BCUT2D eigenvalue weighted by atomic mass is 10.3. The van der Waals surface area contributed by atoms with E-state index in [1.807, 2.05) is 30.3 Å². The number of hydrogen-bond acceptors (Lipinski definition) is 6. The molecular weight excluding hydrogens is 356 g/mol. The minimum Gasteiger partial charge on any atom is -0.298 e. The molecule has 0 atom stereocenters. The van der Waals surface area contributed by atoms with Crippen molar-refractivity contribution in [3.63, 3.8) is 0 Å². The van der Waals surface area contributed by atoms with Gasteiger partial charge in [0.1, 0.15) is 0 Å². The number of carbonyl (C=O) groups excluding carboxylic acids is 2. The van der Waals surface area contributed by atoms with Gasteiger partial charge in [0, 0.05) is 30.0 Å². The maximum Gasteiger partial charge on any atom is 0.250 e. The van der Waals surface area contributed by atoms with Crippen LogP contribution in [0.1, 0.15) is 12.6 Å². The summed E-state index contributed by atoms with van der Waals surface area (Å²) in [5.41, 5.74) is 1.36. The Hall–Kier alpha value is -2.84. The van der Waals surface area contributed by atoms with E-state index in [0.717, 1.165) is 5.69 Å². The number of para-hydroxylation sites is 1. The highest BCUT2D eigenvalue weighted by Crippen LogP contribution is 2.29. The molecule has 0 aliphatic heterocycles. The Balaban J connectivity index is 1.73. The fraction of sp³-hybridized carbons (Fsp3) is 0.0588. The zero-order valence-corrected chi connectivity index (χ0v) is 14.9. The molecule has 0 spiro atoms. The average molecular weight is 370 g/mol. The van der Waals surface area contributed by atoms with Gasteiger partial charge in [-0.1, -0.05) is 18.2 Å². The van der Waals surface area contributed by atoms with E-state index < -0.39 is 0 Å². The molecule has 3 rings (SSSR count). The number of carbonyl (C=O) groups is 2. The van der Waals surface area contributed by atoms with Crippen LogP contribution in [0.15, 0.2) is 53.4 Å². The quantitative estimate of drug-likeness (QED) is 0.690. The number of amides is 2. The van der Waals surface area contributed by atoms with Crippen molar-refractivity contribution in [2.75, 3.05) is 10.2 Å². The Morgan fingerprint density at radius 3 is 2.68 bits per heavy atom. The van der Waals surface area contributed by atoms with E-state index in [1.165, 1.54) is 40.6 Å². The normalized spacial score (nSPS) is 10.8. The van der Waals surface area contributed by atoms with Gasteiger partial charge in [-0.05, 0) is 18.2 Å². The minimum absolute atomic E-state index is 0.127. The topological polar surface area (TPSA) is 75.2 Å². The lowest BCUT2D eigenvalue weighted by Gasteiger charge is -2.17. The van der Waals surface area contributed by atoms with E-state index in [2.05, 4.69) is 15.3 Å². The van der Waals surface area contributed by atoms with Gasteiger partial charge in [-0.2, -0.15) is 0 Å². The van der Waals surface area contributed by atoms with Gasteiger partial charge in [0.2, 0.25) is 11.8 Å². The third kappa shape index (κ3) is 4.37. The van der Waals surface area contributed by atoms with E-state index in [9.17, 15) is 9.59 Å². The first-order chi connectivity index (χ1) is 12.1. The Labute approximate surface area is 152 Å². The molecule has 2 heterocycles. The Morgan fingerprint density at radius 2 is 2.00 bits per heavy atom. The first kappa shape index (κ1) is 17.0. The molecule has 1 N–H and O–H groups in total. The van der Waals surface area contributed by atoms with Gasteiger partial charge in [0.15, 0.2) is 10.3 Å². The molecule has 25 heavy (non-hydrogen) atoms. The summed E-state index contributed by atoms with van der Waals surface area (Å²) in [6.07, 6.45) is 4.61. The highest BCUT2D eigenvalue weighted by Gasteiger charge is 2.17. The van der Waals surface area contributed by atoms with Gasteiger partial charge in [-0.15, -0.1) is 22.7 Å². The van der Waals surface area contributed by atoms with Gasteiger partial charge in [-0.3, -0.25) is 19.8 Å². The summed E-state index contributed by atoms with van der Waals surface area (Å²) in [6, 6.07) is 9.31. The SMILES string of the molecule is CC(=O)N(c1ccccc1)c1nc(C=CC(=O)Nc2nccs2)cs1. The summed E-state index contributed by atoms with van der Waals surface area (Å²) >= 11 is 2.69. The lowest BCUT2D eigenvalue weighted by molar-refractivity contribution is -0.116. The van der Waals surface area contributed by atoms with Crippen LogP contribution >= 0.6 is 22.7 Å². The summed E-state index contributed by atoms with van der Waals surface area (Å²) in [5, 5.41) is 7.33. The molecule has 8 heteroatoms. The molecule has 0 saturated carbocycles. The lowest BCUT2D eigenvalue weighted by Crippen LogP contribution is -2.22. The van der Waals surface area contributed by atoms with Crippen LogP contribution in [0.4, 0.5) is 16.0 Å². The smallest absolute Gasteiger partial charge is 0.250 e. The molecule has 0 bridgehead atoms. The van der Waals surface area contributed by atoms with Crippen molar-refractivity contribution in [2.24, 2.45) is 0 Å². The number of nitrogens with one attached hydrogen (secondary N) is 1. The van der Waals surface area contributed by atoms with Crippen LogP contribution < -0.4 is 10.2 Å². The van der Waals surface area contributed by atoms with Crippen molar-refractivity contribution >= 4 is 56.5 Å². The summed E-state index contributed by atoms with van der Waals surface area (Å²) in [5.74, 6) is -0.409. The molecule has 0 fully saturated rings. The number of anilines is 3. The molecule has 2 amide bonds. The van der Waals surface area contributed by atoms with Gasteiger partial charge in [-0.25, -0.2) is 9.97 Å². The summed E-state index contributed by atoms with van der Waals surface area (Å²) in [6.45, 7) is 1.49. The molecule has 0 saturated heterocycles. The van der Waals surface area contributed by atoms with Gasteiger partial charge in [0.25, 0.3) is 0 Å². The monoisotopic (exact) mass is 370 g/mol.